The fourth-order valence-electron chi connectivity index (χ4n) is 2.91. The van der Waals surface area contributed by atoms with Crippen LogP contribution in [0, 0.1) is 12.7 Å². The zero-order valence-corrected chi connectivity index (χ0v) is 15.0. The van der Waals surface area contributed by atoms with Crippen molar-refractivity contribution < 1.29 is 27.1 Å². The molecule has 3 aromatic rings. The van der Waals surface area contributed by atoms with Crippen LogP contribution in [-0.4, -0.2) is 18.0 Å². The molecule has 0 aliphatic carbocycles. The Morgan fingerprint density at radius 1 is 1.18 bits per heavy atom. The lowest BCUT2D eigenvalue weighted by atomic mass is 10.0. The topological polar surface area (TPSA) is 51.2 Å². The van der Waals surface area contributed by atoms with Crippen molar-refractivity contribution >= 4 is 16.8 Å². The second-order valence-electron chi connectivity index (χ2n) is 6.16. The summed E-state index contributed by atoms with van der Waals surface area (Å²) < 4.78 is 57.2. The summed E-state index contributed by atoms with van der Waals surface area (Å²) in [5.41, 5.74) is 0.357. The highest BCUT2D eigenvalue weighted by Gasteiger charge is 2.31. The second-order valence-corrected chi connectivity index (χ2v) is 6.16. The number of nitrogens with zero attached hydrogens (tertiary/aromatic N) is 1. The van der Waals surface area contributed by atoms with Gasteiger partial charge in [-0.3, -0.25) is 4.79 Å². The Morgan fingerprint density at radius 2 is 1.93 bits per heavy atom. The van der Waals surface area contributed by atoms with Gasteiger partial charge in [-0.25, -0.2) is 9.37 Å². The van der Waals surface area contributed by atoms with E-state index in [1.165, 1.54) is 31.4 Å². The lowest BCUT2D eigenvalue weighted by Gasteiger charge is -2.15. The quantitative estimate of drug-likeness (QED) is 0.658. The monoisotopic (exact) mass is 392 g/mol. The SMILES string of the molecule is COc1nc2cc(C(F)(F)F)ccc2c(C)c1C(=O)NCc1cccc(F)c1. The van der Waals surface area contributed by atoms with Crippen LogP contribution in [0.1, 0.15) is 27.0 Å². The minimum atomic E-state index is -4.50. The van der Waals surface area contributed by atoms with Crippen LogP contribution in [0.5, 0.6) is 5.88 Å². The predicted octanol–water partition coefficient (Wildman–Crippen LogP) is 4.64. The molecule has 1 N–H and O–H groups in total. The maximum absolute atomic E-state index is 13.3. The third-order valence-corrected chi connectivity index (χ3v) is 4.30. The van der Waals surface area contributed by atoms with Crippen molar-refractivity contribution in [3.05, 3.63) is 70.5 Å². The number of halogens is 4. The van der Waals surface area contributed by atoms with E-state index in [2.05, 4.69) is 10.3 Å². The predicted molar refractivity (Wildman–Crippen MR) is 95.6 cm³/mol. The van der Waals surface area contributed by atoms with Crippen molar-refractivity contribution in [2.75, 3.05) is 7.11 Å². The smallest absolute Gasteiger partial charge is 0.416 e. The number of pyridine rings is 1. The van der Waals surface area contributed by atoms with E-state index >= 15 is 0 Å². The summed E-state index contributed by atoms with van der Waals surface area (Å²) in [4.78, 5) is 16.7. The molecule has 3 rings (SSSR count). The molecule has 146 valence electrons. The van der Waals surface area contributed by atoms with Crippen molar-refractivity contribution in [3.63, 3.8) is 0 Å². The van der Waals surface area contributed by atoms with Gasteiger partial charge in [-0.05, 0) is 42.3 Å². The van der Waals surface area contributed by atoms with Crippen LogP contribution < -0.4 is 10.1 Å². The van der Waals surface area contributed by atoms with E-state index in [0.717, 1.165) is 12.1 Å². The van der Waals surface area contributed by atoms with E-state index in [1.807, 2.05) is 0 Å². The van der Waals surface area contributed by atoms with Gasteiger partial charge in [0.05, 0.1) is 18.2 Å². The normalized spacial score (nSPS) is 11.5. The summed E-state index contributed by atoms with van der Waals surface area (Å²) in [5, 5.41) is 3.06. The lowest BCUT2D eigenvalue weighted by molar-refractivity contribution is -0.137. The van der Waals surface area contributed by atoms with E-state index < -0.39 is 23.5 Å². The van der Waals surface area contributed by atoms with Gasteiger partial charge in [0.1, 0.15) is 11.4 Å². The van der Waals surface area contributed by atoms with Crippen molar-refractivity contribution in [1.82, 2.24) is 10.3 Å². The average molecular weight is 392 g/mol. The van der Waals surface area contributed by atoms with Crippen LogP contribution in [0.25, 0.3) is 10.9 Å². The lowest BCUT2D eigenvalue weighted by Crippen LogP contribution is -2.24. The van der Waals surface area contributed by atoms with Crippen molar-refractivity contribution in [1.29, 1.82) is 0 Å². The fraction of sp³-hybridized carbons (Fsp3) is 0.200. The Labute approximate surface area is 158 Å². The molecular formula is C20H16F4N2O2. The molecule has 8 heteroatoms. The van der Waals surface area contributed by atoms with E-state index in [9.17, 15) is 22.4 Å². The Kier molecular flexibility index (Phi) is 5.22. The molecule has 0 fully saturated rings. The van der Waals surface area contributed by atoms with Gasteiger partial charge in [0, 0.05) is 11.9 Å². The zero-order chi connectivity index (χ0) is 20.5. The summed E-state index contributed by atoms with van der Waals surface area (Å²) in [6.45, 7) is 1.68. The second kappa shape index (κ2) is 7.46. The van der Waals surface area contributed by atoms with E-state index in [-0.39, 0.29) is 23.5 Å². The highest BCUT2D eigenvalue weighted by Crippen LogP contribution is 2.34. The van der Waals surface area contributed by atoms with Crippen LogP contribution >= 0.6 is 0 Å². The van der Waals surface area contributed by atoms with Crippen molar-refractivity contribution in [2.24, 2.45) is 0 Å². The minimum Gasteiger partial charge on any atom is -0.480 e. The van der Waals surface area contributed by atoms with Gasteiger partial charge >= 0.3 is 6.18 Å². The Balaban J connectivity index is 1.97. The molecule has 0 saturated heterocycles. The number of fused-ring (bicyclic) bond motifs is 1. The zero-order valence-electron chi connectivity index (χ0n) is 15.0. The van der Waals surface area contributed by atoms with Crippen LogP contribution in [0.2, 0.25) is 0 Å². The number of hydrogen-bond donors (Lipinski definition) is 1. The molecule has 1 aromatic heterocycles. The third-order valence-electron chi connectivity index (χ3n) is 4.30. The fourth-order valence-corrected chi connectivity index (χ4v) is 2.91. The third kappa shape index (κ3) is 3.90. The Hall–Kier alpha value is -3.16. The van der Waals surface area contributed by atoms with E-state index in [4.69, 9.17) is 4.74 Å². The summed E-state index contributed by atoms with van der Waals surface area (Å²) >= 11 is 0. The van der Waals surface area contributed by atoms with Crippen LogP contribution in [0.15, 0.2) is 42.5 Å². The van der Waals surface area contributed by atoms with Gasteiger partial charge in [0.2, 0.25) is 5.88 Å². The molecule has 4 nitrogen and oxygen atoms in total. The summed E-state index contributed by atoms with van der Waals surface area (Å²) in [6, 6.07) is 8.91. The van der Waals surface area contributed by atoms with Gasteiger partial charge in [-0.1, -0.05) is 18.2 Å². The van der Waals surface area contributed by atoms with Crippen molar-refractivity contribution in [3.8, 4) is 5.88 Å². The number of nitrogens with one attached hydrogen (secondary N) is 1. The van der Waals surface area contributed by atoms with Gasteiger partial charge in [0.15, 0.2) is 0 Å². The van der Waals surface area contributed by atoms with Gasteiger partial charge in [0.25, 0.3) is 5.91 Å². The molecule has 0 radical (unpaired) electrons. The first kappa shape index (κ1) is 19.6. The number of rotatable bonds is 4. The summed E-state index contributed by atoms with van der Waals surface area (Å²) in [7, 11) is 1.28. The number of ether oxygens (including phenoxy) is 1. The highest BCUT2D eigenvalue weighted by atomic mass is 19.4. The van der Waals surface area contributed by atoms with Crippen LogP contribution in [-0.2, 0) is 12.7 Å². The number of methoxy groups -OCH3 is 1. The molecule has 0 bridgehead atoms. The van der Waals surface area contributed by atoms with Crippen LogP contribution in [0.4, 0.5) is 17.6 Å². The molecule has 1 amide bonds. The molecule has 2 aromatic carbocycles. The molecule has 0 unspecified atom stereocenters. The summed E-state index contributed by atoms with van der Waals surface area (Å²) in [5.74, 6) is -1.03. The number of carbonyl (C=O) groups excluding carboxylic acids is 1. The van der Waals surface area contributed by atoms with E-state index in [1.54, 1.807) is 13.0 Å². The number of alkyl halides is 3. The molecule has 0 spiro atoms. The first-order valence-electron chi connectivity index (χ1n) is 8.29. The molecule has 0 aliphatic heterocycles. The van der Waals surface area contributed by atoms with Crippen LogP contribution in [0.3, 0.4) is 0 Å². The van der Waals surface area contributed by atoms with Gasteiger partial charge in [-0.15, -0.1) is 0 Å². The standard InChI is InChI=1S/C20H16F4N2O2/c1-11-15-7-6-13(20(22,23)24)9-16(15)26-19(28-2)17(11)18(27)25-10-12-4-3-5-14(21)8-12/h3-9H,10H2,1-2H3,(H,25,27). The maximum Gasteiger partial charge on any atom is 0.416 e. The largest absolute Gasteiger partial charge is 0.480 e. The maximum atomic E-state index is 13.3. The number of carbonyl (C=O) groups is 1. The van der Waals surface area contributed by atoms with Gasteiger partial charge in [-0.2, -0.15) is 13.2 Å². The Morgan fingerprint density at radius 3 is 2.57 bits per heavy atom. The average Bonchev–Trinajstić information content (AvgIpc) is 2.64. The molecule has 0 aliphatic rings. The number of aryl methyl sites for hydroxylation is 1. The Bertz CT molecular complexity index is 1050. The van der Waals surface area contributed by atoms with Crippen molar-refractivity contribution in [2.45, 2.75) is 19.6 Å². The number of amides is 1. The first-order valence-corrected chi connectivity index (χ1v) is 8.29. The minimum absolute atomic E-state index is 0.0736. The first-order chi connectivity index (χ1) is 13.2. The number of aromatic nitrogens is 1. The molecule has 0 atom stereocenters. The van der Waals surface area contributed by atoms with E-state index in [0.29, 0.717) is 16.5 Å². The number of hydrogen-bond acceptors (Lipinski definition) is 3. The van der Waals surface area contributed by atoms with Gasteiger partial charge < -0.3 is 10.1 Å². The summed E-state index contributed by atoms with van der Waals surface area (Å²) in [6.07, 6.45) is -4.50. The number of benzene rings is 2. The molecule has 0 saturated carbocycles. The highest BCUT2D eigenvalue weighted by molar-refractivity contribution is 6.02. The molecular weight excluding hydrogens is 376 g/mol. The molecule has 28 heavy (non-hydrogen) atoms. The molecule has 1 heterocycles.